The molecule has 1 atom stereocenters. The third kappa shape index (κ3) is 4.35. The van der Waals surface area contributed by atoms with Gasteiger partial charge in [-0.1, -0.05) is 29.8 Å². The van der Waals surface area contributed by atoms with Crippen LogP contribution in [0.3, 0.4) is 0 Å². The maximum atomic E-state index is 13.1. The van der Waals surface area contributed by atoms with Gasteiger partial charge in [0.1, 0.15) is 11.5 Å². The summed E-state index contributed by atoms with van der Waals surface area (Å²) in [6.07, 6.45) is 0.590. The summed E-state index contributed by atoms with van der Waals surface area (Å²) in [4.78, 5) is 27.6. The van der Waals surface area contributed by atoms with Crippen molar-refractivity contribution < 1.29 is 24.2 Å². The Morgan fingerprint density at radius 1 is 1.06 bits per heavy atom. The normalized spacial score (nSPS) is 18.0. The van der Waals surface area contributed by atoms with Gasteiger partial charge in [-0.25, -0.2) is 0 Å². The van der Waals surface area contributed by atoms with Crippen LogP contribution in [0, 0.1) is 20.8 Å². The smallest absolute Gasteiger partial charge is 0.295 e. The van der Waals surface area contributed by atoms with E-state index >= 15 is 0 Å². The fraction of sp³-hybridized carbons (Fsp3) is 0.360. The average molecular weight is 424 g/mol. The van der Waals surface area contributed by atoms with Crippen LogP contribution < -0.4 is 4.74 Å². The number of aliphatic hydroxyl groups is 1. The lowest BCUT2D eigenvalue weighted by atomic mass is 9.92. The van der Waals surface area contributed by atoms with Crippen LogP contribution in [0.4, 0.5) is 0 Å². The van der Waals surface area contributed by atoms with Gasteiger partial charge in [-0.05, 0) is 56.0 Å². The lowest BCUT2D eigenvalue weighted by Crippen LogP contribution is -2.31. The minimum atomic E-state index is -0.672. The molecule has 164 valence electrons. The van der Waals surface area contributed by atoms with Crippen molar-refractivity contribution in [2.24, 2.45) is 0 Å². The summed E-state index contributed by atoms with van der Waals surface area (Å²) in [5.74, 6) is -0.743. The van der Waals surface area contributed by atoms with Gasteiger partial charge in [0.2, 0.25) is 0 Å². The molecule has 1 heterocycles. The SMILES string of the molecule is COCCCN1C(=O)C(=O)/C(=C(/O)c2cc(C)c(OC)cc2C)C1c1cccc(C)c1. The van der Waals surface area contributed by atoms with E-state index in [-0.39, 0.29) is 11.3 Å². The third-order valence-electron chi connectivity index (χ3n) is 5.64. The van der Waals surface area contributed by atoms with Crippen LogP contribution in [0.2, 0.25) is 0 Å². The first-order valence-corrected chi connectivity index (χ1v) is 10.3. The zero-order valence-electron chi connectivity index (χ0n) is 18.7. The van der Waals surface area contributed by atoms with Crippen LogP contribution in [-0.4, -0.2) is 49.1 Å². The molecule has 3 rings (SSSR count). The molecular formula is C25H29NO5. The Bertz CT molecular complexity index is 1040. The number of aliphatic hydroxyl groups excluding tert-OH is 1. The number of hydrogen-bond donors (Lipinski definition) is 1. The van der Waals surface area contributed by atoms with Gasteiger partial charge < -0.3 is 19.5 Å². The quantitative estimate of drug-likeness (QED) is 0.314. The van der Waals surface area contributed by atoms with Gasteiger partial charge in [0.25, 0.3) is 11.7 Å². The van der Waals surface area contributed by atoms with Crippen molar-refractivity contribution in [2.45, 2.75) is 33.2 Å². The summed E-state index contributed by atoms with van der Waals surface area (Å²) >= 11 is 0. The Hall–Kier alpha value is -3.12. The Labute approximate surface area is 183 Å². The van der Waals surface area contributed by atoms with Crippen LogP contribution in [0.1, 0.15) is 40.3 Å². The van der Waals surface area contributed by atoms with Crippen molar-refractivity contribution in [3.05, 3.63) is 69.8 Å². The van der Waals surface area contributed by atoms with E-state index in [0.717, 1.165) is 22.3 Å². The van der Waals surface area contributed by atoms with Gasteiger partial charge in [0.05, 0.1) is 18.7 Å². The maximum Gasteiger partial charge on any atom is 0.295 e. The molecule has 2 aromatic carbocycles. The summed E-state index contributed by atoms with van der Waals surface area (Å²) in [6, 6.07) is 10.6. The Morgan fingerprint density at radius 2 is 1.81 bits per heavy atom. The average Bonchev–Trinajstić information content (AvgIpc) is 2.99. The number of likely N-dealkylation sites (tertiary alicyclic amines) is 1. The fourth-order valence-corrected chi connectivity index (χ4v) is 4.09. The Kier molecular flexibility index (Phi) is 6.81. The van der Waals surface area contributed by atoms with Gasteiger partial charge in [-0.15, -0.1) is 0 Å². The minimum absolute atomic E-state index is 0.112. The Morgan fingerprint density at radius 3 is 2.45 bits per heavy atom. The molecule has 0 radical (unpaired) electrons. The van der Waals surface area contributed by atoms with E-state index in [1.165, 1.54) is 4.90 Å². The van der Waals surface area contributed by atoms with E-state index in [0.29, 0.717) is 30.9 Å². The number of benzene rings is 2. The van der Waals surface area contributed by atoms with Crippen molar-refractivity contribution in [1.82, 2.24) is 4.90 Å². The molecule has 1 unspecified atom stereocenters. The van der Waals surface area contributed by atoms with Crippen molar-refractivity contribution in [1.29, 1.82) is 0 Å². The summed E-state index contributed by atoms with van der Waals surface area (Å²) < 4.78 is 10.5. The lowest BCUT2D eigenvalue weighted by molar-refractivity contribution is -0.140. The molecule has 0 spiro atoms. The highest BCUT2D eigenvalue weighted by molar-refractivity contribution is 6.46. The molecule has 1 aliphatic heterocycles. The third-order valence-corrected chi connectivity index (χ3v) is 5.64. The number of rotatable bonds is 7. The number of ether oxygens (including phenoxy) is 2. The molecule has 1 aliphatic rings. The van der Waals surface area contributed by atoms with E-state index in [1.54, 1.807) is 20.3 Å². The molecule has 0 bridgehead atoms. The first kappa shape index (κ1) is 22.6. The first-order valence-electron chi connectivity index (χ1n) is 10.3. The number of ketones is 1. The van der Waals surface area contributed by atoms with Crippen LogP contribution in [0.15, 0.2) is 42.0 Å². The predicted octanol–water partition coefficient (Wildman–Crippen LogP) is 4.08. The van der Waals surface area contributed by atoms with E-state index in [1.807, 2.05) is 51.1 Å². The highest BCUT2D eigenvalue weighted by atomic mass is 16.5. The number of hydrogen-bond acceptors (Lipinski definition) is 5. The fourth-order valence-electron chi connectivity index (χ4n) is 4.09. The van der Waals surface area contributed by atoms with Gasteiger partial charge >= 0.3 is 0 Å². The maximum absolute atomic E-state index is 13.1. The minimum Gasteiger partial charge on any atom is -0.507 e. The molecule has 6 nitrogen and oxygen atoms in total. The predicted molar refractivity (Wildman–Crippen MR) is 119 cm³/mol. The van der Waals surface area contributed by atoms with E-state index in [4.69, 9.17) is 9.47 Å². The molecule has 1 N–H and O–H groups in total. The lowest BCUT2D eigenvalue weighted by Gasteiger charge is -2.25. The van der Waals surface area contributed by atoms with Crippen molar-refractivity contribution in [2.75, 3.05) is 27.4 Å². The molecule has 0 aliphatic carbocycles. The molecule has 31 heavy (non-hydrogen) atoms. The second kappa shape index (κ2) is 9.35. The second-order valence-corrected chi connectivity index (χ2v) is 7.89. The number of amides is 1. The van der Waals surface area contributed by atoms with Gasteiger partial charge in [0, 0.05) is 25.8 Å². The van der Waals surface area contributed by atoms with E-state index in [2.05, 4.69) is 0 Å². The summed E-state index contributed by atoms with van der Waals surface area (Å²) in [5, 5.41) is 11.3. The van der Waals surface area contributed by atoms with Gasteiger partial charge in [-0.3, -0.25) is 9.59 Å². The number of methoxy groups -OCH3 is 2. The molecule has 1 saturated heterocycles. The number of Topliss-reactive ketones (excluding diaryl/α,β-unsaturated/α-hetero) is 1. The zero-order valence-corrected chi connectivity index (χ0v) is 18.7. The highest BCUT2D eigenvalue weighted by Gasteiger charge is 2.45. The molecule has 6 heteroatoms. The summed E-state index contributed by atoms with van der Waals surface area (Å²) in [7, 11) is 3.19. The highest BCUT2D eigenvalue weighted by Crippen LogP contribution is 2.40. The van der Waals surface area contributed by atoms with Crippen LogP contribution in [0.25, 0.3) is 5.76 Å². The van der Waals surface area contributed by atoms with Crippen molar-refractivity contribution in [3.8, 4) is 5.75 Å². The van der Waals surface area contributed by atoms with Crippen molar-refractivity contribution in [3.63, 3.8) is 0 Å². The summed E-state index contributed by atoms with van der Waals surface area (Å²) in [5.41, 5.74) is 4.02. The summed E-state index contributed by atoms with van der Waals surface area (Å²) in [6.45, 7) is 6.50. The number of carbonyl (C=O) groups excluding carboxylic acids is 2. The first-order chi connectivity index (χ1) is 14.8. The van der Waals surface area contributed by atoms with Gasteiger partial charge in [-0.2, -0.15) is 0 Å². The largest absolute Gasteiger partial charge is 0.507 e. The molecule has 1 fully saturated rings. The topological polar surface area (TPSA) is 76.1 Å². The molecule has 1 amide bonds. The number of aryl methyl sites for hydroxylation is 3. The van der Waals surface area contributed by atoms with Crippen LogP contribution in [-0.2, 0) is 14.3 Å². The van der Waals surface area contributed by atoms with Crippen LogP contribution >= 0.6 is 0 Å². The standard InChI is InChI=1S/C25H29NO5/c1-15-8-6-9-18(12-15)22-21(24(28)25(29)26(22)10-7-11-30-4)23(27)19-13-17(3)20(31-5)14-16(19)2/h6,8-9,12-14,22,27H,7,10-11H2,1-5H3/b23-21+. The van der Waals surface area contributed by atoms with Crippen molar-refractivity contribution >= 4 is 17.4 Å². The van der Waals surface area contributed by atoms with E-state index in [9.17, 15) is 14.7 Å². The van der Waals surface area contributed by atoms with E-state index < -0.39 is 17.7 Å². The molecule has 0 aromatic heterocycles. The Balaban J connectivity index is 2.18. The molecular weight excluding hydrogens is 394 g/mol. The number of nitrogens with zero attached hydrogens (tertiary/aromatic N) is 1. The molecule has 0 saturated carbocycles. The molecule has 2 aromatic rings. The second-order valence-electron chi connectivity index (χ2n) is 7.89. The zero-order chi connectivity index (χ0) is 22.7. The number of carbonyl (C=O) groups is 2. The van der Waals surface area contributed by atoms with Gasteiger partial charge in [0.15, 0.2) is 0 Å². The monoisotopic (exact) mass is 423 g/mol. The van der Waals surface area contributed by atoms with Crippen LogP contribution in [0.5, 0.6) is 5.75 Å².